The summed E-state index contributed by atoms with van der Waals surface area (Å²) in [6.07, 6.45) is 0. The fourth-order valence-corrected chi connectivity index (χ4v) is 8.54. The highest BCUT2D eigenvalue weighted by Gasteiger charge is 2.49. The average molecular weight is 763 g/mol. The van der Waals surface area contributed by atoms with E-state index < -0.39 is 5.41 Å². The predicted octanol–water partition coefficient (Wildman–Crippen LogP) is 13.6. The number of nitrogens with zero attached hydrogens (tertiary/aromatic N) is 4. The zero-order valence-electron chi connectivity index (χ0n) is 36.1. The quantitative estimate of drug-likeness (QED) is 0.164. The molecule has 4 aromatic heterocycles. The Labute approximate surface area is 343 Å². The maximum atomic E-state index is 6.94. The standard InChI is InChI=1S/C53H54N4O/c1-49(2,3)33-17-23-41-37(29-33)53(38-30-34(50(4,5)6)18-24-42(38)58-41,45-25-15-31-13-21-39-35(47(31)56-45)19-27-43(54-39)51(7,8)9)46-26-16-32-14-22-40-36(48(32)57-46)20-28-44(55-40)52(10,11)12/h13-30H,1-12H3. The minimum absolute atomic E-state index is 0.0801. The molecule has 8 aromatic rings. The summed E-state index contributed by atoms with van der Waals surface area (Å²) >= 11 is 0. The lowest BCUT2D eigenvalue weighted by Crippen LogP contribution is -2.37. The molecule has 5 heteroatoms. The van der Waals surface area contributed by atoms with E-state index in [0.29, 0.717) is 0 Å². The Hall–Kier alpha value is -5.68. The van der Waals surface area contributed by atoms with Crippen molar-refractivity contribution in [1.82, 2.24) is 19.9 Å². The summed E-state index contributed by atoms with van der Waals surface area (Å²) in [6.45, 7) is 26.9. The molecule has 0 aliphatic carbocycles. The minimum Gasteiger partial charge on any atom is -0.457 e. The normalized spacial score (nSPS) is 14.5. The molecule has 0 N–H and O–H groups in total. The lowest BCUT2D eigenvalue weighted by molar-refractivity contribution is 0.427. The Balaban J connectivity index is 1.45. The molecule has 0 fully saturated rings. The van der Waals surface area contributed by atoms with Gasteiger partial charge in [0.25, 0.3) is 0 Å². The van der Waals surface area contributed by atoms with Crippen molar-refractivity contribution in [2.75, 3.05) is 0 Å². The van der Waals surface area contributed by atoms with E-state index >= 15 is 0 Å². The SMILES string of the molecule is CC(C)(C)c1ccc2c(c1)C(c1ccc3ccc4nc(C(C)(C)C)ccc4c3n1)(c1ccc3ccc4nc(C(C)(C)C)ccc4c3n1)c1cc(C(C)(C)C)ccc1O2. The molecule has 1 aliphatic rings. The average Bonchev–Trinajstić information content (AvgIpc) is 3.17. The number of ether oxygens (including phenoxy) is 1. The van der Waals surface area contributed by atoms with Gasteiger partial charge in [0.2, 0.25) is 0 Å². The third kappa shape index (κ3) is 6.04. The van der Waals surface area contributed by atoms with Gasteiger partial charge in [-0.25, -0.2) is 0 Å². The Morgan fingerprint density at radius 2 is 0.793 bits per heavy atom. The molecule has 9 rings (SSSR count). The number of rotatable bonds is 2. The van der Waals surface area contributed by atoms with Gasteiger partial charge >= 0.3 is 0 Å². The van der Waals surface area contributed by atoms with E-state index in [4.69, 9.17) is 24.7 Å². The molecule has 58 heavy (non-hydrogen) atoms. The maximum Gasteiger partial charge on any atom is 0.132 e. The molecule has 0 saturated heterocycles. The zero-order chi connectivity index (χ0) is 41.2. The Morgan fingerprint density at radius 1 is 0.397 bits per heavy atom. The second kappa shape index (κ2) is 12.7. The number of fused-ring (bicyclic) bond motifs is 8. The van der Waals surface area contributed by atoms with Crippen molar-refractivity contribution in [3.05, 3.63) is 154 Å². The van der Waals surface area contributed by atoms with Crippen molar-refractivity contribution < 1.29 is 4.74 Å². The molecule has 4 aromatic carbocycles. The monoisotopic (exact) mass is 762 g/mol. The van der Waals surface area contributed by atoms with Gasteiger partial charge in [-0.3, -0.25) is 19.9 Å². The van der Waals surface area contributed by atoms with E-state index in [1.165, 1.54) is 11.1 Å². The molecule has 292 valence electrons. The third-order valence-corrected chi connectivity index (χ3v) is 12.1. The first kappa shape index (κ1) is 37.9. The Kier molecular flexibility index (Phi) is 8.27. The Bertz CT molecular complexity index is 2770. The van der Waals surface area contributed by atoms with Gasteiger partial charge in [0.05, 0.1) is 33.5 Å². The van der Waals surface area contributed by atoms with E-state index in [1.807, 2.05) is 0 Å². The van der Waals surface area contributed by atoms with Crippen LogP contribution in [0.5, 0.6) is 11.5 Å². The second-order valence-corrected chi connectivity index (χ2v) is 20.5. The number of pyridine rings is 4. The predicted molar refractivity (Wildman–Crippen MR) is 241 cm³/mol. The first-order chi connectivity index (χ1) is 27.2. The topological polar surface area (TPSA) is 60.8 Å². The van der Waals surface area contributed by atoms with Crippen molar-refractivity contribution in [1.29, 1.82) is 0 Å². The van der Waals surface area contributed by atoms with Gasteiger partial charge in [0.15, 0.2) is 0 Å². The summed E-state index contributed by atoms with van der Waals surface area (Å²) in [5.74, 6) is 1.60. The molecule has 0 saturated carbocycles. The van der Waals surface area contributed by atoms with Crippen LogP contribution < -0.4 is 4.74 Å². The number of hydrogen-bond acceptors (Lipinski definition) is 5. The van der Waals surface area contributed by atoms with Crippen molar-refractivity contribution >= 4 is 43.6 Å². The molecular formula is C53H54N4O. The van der Waals surface area contributed by atoms with Crippen molar-refractivity contribution in [3.63, 3.8) is 0 Å². The van der Waals surface area contributed by atoms with Crippen molar-refractivity contribution in [2.45, 2.75) is 110 Å². The Morgan fingerprint density at radius 3 is 1.17 bits per heavy atom. The fraction of sp³-hybridized carbons (Fsp3) is 0.321. The van der Waals surface area contributed by atoms with Gasteiger partial charge < -0.3 is 4.74 Å². The smallest absolute Gasteiger partial charge is 0.132 e. The van der Waals surface area contributed by atoms with E-state index in [-0.39, 0.29) is 21.7 Å². The van der Waals surface area contributed by atoms with Gasteiger partial charge in [-0.1, -0.05) is 119 Å². The summed E-state index contributed by atoms with van der Waals surface area (Å²) in [4.78, 5) is 21.9. The molecule has 0 spiro atoms. The lowest BCUT2D eigenvalue weighted by Gasteiger charge is -2.41. The molecule has 0 amide bonds. The van der Waals surface area contributed by atoms with Crippen LogP contribution in [0.1, 0.15) is 128 Å². The molecule has 5 nitrogen and oxygen atoms in total. The van der Waals surface area contributed by atoms with Gasteiger partial charge in [0.1, 0.15) is 16.9 Å². The van der Waals surface area contributed by atoms with E-state index in [0.717, 1.165) is 89.0 Å². The van der Waals surface area contributed by atoms with Crippen LogP contribution in [0.25, 0.3) is 43.6 Å². The van der Waals surface area contributed by atoms with Gasteiger partial charge in [-0.05, 0) is 94.8 Å². The molecule has 0 atom stereocenters. The van der Waals surface area contributed by atoms with Crippen LogP contribution in [0.4, 0.5) is 0 Å². The number of aromatic nitrogens is 4. The maximum absolute atomic E-state index is 6.94. The summed E-state index contributed by atoms with van der Waals surface area (Å²) in [6, 6.07) is 39.6. The van der Waals surface area contributed by atoms with Gasteiger partial charge in [-0.15, -0.1) is 0 Å². The van der Waals surface area contributed by atoms with Crippen molar-refractivity contribution in [2.24, 2.45) is 0 Å². The third-order valence-electron chi connectivity index (χ3n) is 12.1. The highest BCUT2D eigenvalue weighted by Crippen LogP contribution is 2.56. The lowest BCUT2D eigenvalue weighted by atomic mass is 9.65. The number of benzene rings is 4. The highest BCUT2D eigenvalue weighted by atomic mass is 16.5. The van der Waals surface area contributed by atoms with Crippen LogP contribution in [0.2, 0.25) is 0 Å². The molecule has 0 unspecified atom stereocenters. The summed E-state index contributed by atoms with van der Waals surface area (Å²) in [5, 5.41) is 4.18. The first-order valence-corrected chi connectivity index (χ1v) is 20.6. The molecular weight excluding hydrogens is 709 g/mol. The van der Waals surface area contributed by atoms with Crippen LogP contribution >= 0.6 is 0 Å². The van der Waals surface area contributed by atoms with Crippen molar-refractivity contribution in [3.8, 4) is 11.5 Å². The fourth-order valence-electron chi connectivity index (χ4n) is 8.54. The molecule has 5 heterocycles. The summed E-state index contributed by atoms with van der Waals surface area (Å²) < 4.78 is 6.94. The van der Waals surface area contributed by atoms with E-state index in [2.05, 4.69) is 192 Å². The largest absolute Gasteiger partial charge is 0.457 e. The van der Waals surface area contributed by atoms with Crippen LogP contribution in [0.15, 0.2) is 109 Å². The summed E-state index contributed by atoms with van der Waals surface area (Å²) in [5.41, 5.74) is 10.7. The zero-order valence-corrected chi connectivity index (χ0v) is 36.1. The molecule has 0 bridgehead atoms. The van der Waals surface area contributed by atoms with Crippen LogP contribution in [0, 0.1) is 0 Å². The van der Waals surface area contributed by atoms with Crippen LogP contribution in [-0.2, 0) is 27.1 Å². The van der Waals surface area contributed by atoms with E-state index in [1.54, 1.807) is 0 Å². The number of hydrogen-bond donors (Lipinski definition) is 0. The minimum atomic E-state index is -0.963. The highest BCUT2D eigenvalue weighted by molar-refractivity contribution is 6.05. The molecule has 1 aliphatic heterocycles. The van der Waals surface area contributed by atoms with E-state index in [9.17, 15) is 0 Å². The van der Waals surface area contributed by atoms with Gasteiger partial charge in [0, 0.05) is 54.9 Å². The van der Waals surface area contributed by atoms with Crippen LogP contribution in [0.3, 0.4) is 0 Å². The first-order valence-electron chi connectivity index (χ1n) is 20.6. The van der Waals surface area contributed by atoms with Gasteiger partial charge in [-0.2, -0.15) is 0 Å². The molecule has 0 radical (unpaired) electrons. The van der Waals surface area contributed by atoms with Crippen LogP contribution in [-0.4, -0.2) is 19.9 Å². The summed E-state index contributed by atoms with van der Waals surface area (Å²) in [7, 11) is 0. The second-order valence-electron chi connectivity index (χ2n) is 20.5.